The smallest absolute Gasteiger partial charge is 0.309 e. The number of aryl methyl sites for hydroxylation is 1. The topological polar surface area (TPSA) is 108 Å². The number of nitrogens with zero attached hydrogens (tertiary/aromatic N) is 5. The summed E-state index contributed by atoms with van der Waals surface area (Å²) in [6.07, 6.45) is 2.67. The minimum absolute atomic E-state index is 0.114. The number of rotatable bonds is 6. The fourth-order valence-corrected chi connectivity index (χ4v) is 2.46. The Balaban J connectivity index is 2.09. The molecule has 0 aliphatic carbocycles. The van der Waals surface area contributed by atoms with E-state index in [4.69, 9.17) is 11.6 Å². The SMILES string of the molecule is CCn1ncc(Cl)c1CNC(=O)C(C)n1ncc([N+](=O)[O-])c1C. The molecule has 0 bridgehead atoms. The summed E-state index contributed by atoms with van der Waals surface area (Å²) >= 11 is 6.04. The molecule has 2 rings (SSSR count). The Morgan fingerprint density at radius 2 is 2.17 bits per heavy atom. The van der Waals surface area contributed by atoms with Crippen molar-refractivity contribution in [3.8, 4) is 0 Å². The third-order valence-electron chi connectivity index (χ3n) is 3.59. The Hall–Kier alpha value is -2.42. The molecule has 2 aromatic rings. The molecule has 0 aliphatic heterocycles. The number of hydrogen-bond donors (Lipinski definition) is 1. The first-order valence-electron chi connectivity index (χ1n) is 7.03. The quantitative estimate of drug-likeness (QED) is 0.637. The van der Waals surface area contributed by atoms with E-state index < -0.39 is 11.0 Å². The molecule has 1 atom stereocenters. The number of carbonyl (C=O) groups is 1. The third kappa shape index (κ3) is 3.34. The Labute approximate surface area is 137 Å². The van der Waals surface area contributed by atoms with Crippen LogP contribution in [0.15, 0.2) is 12.4 Å². The maximum Gasteiger partial charge on any atom is 0.309 e. The lowest BCUT2D eigenvalue weighted by Gasteiger charge is -2.14. The average Bonchev–Trinajstić information content (AvgIpc) is 3.07. The van der Waals surface area contributed by atoms with Crippen molar-refractivity contribution in [3.63, 3.8) is 0 Å². The lowest BCUT2D eigenvalue weighted by Crippen LogP contribution is -2.32. The molecule has 2 heterocycles. The van der Waals surface area contributed by atoms with Crippen molar-refractivity contribution in [3.05, 3.63) is 38.9 Å². The summed E-state index contributed by atoms with van der Waals surface area (Å²) in [6.45, 7) is 5.95. The van der Waals surface area contributed by atoms with Crippen LogP contribution < -0.4 is 5.32 Å². The summed E-state index contributed by atoms with van der Waals surface area (Å²) in [7, 11) is 0. The minimum Gasteiger partial charge on any atom is -0.349 e. The van der Waals surface area contributed by atoms with Crippen molar-refractivity contribution < 1.29 is 9.72 Å². The predicted octanol–water partition coefficient (Wildman–Crippen LogP) is 1.85. The second-order valence-corrected chi connectivity index (χ2v) is 5.37. The van der Waals surface area contributed by atoms with Crippen LogP contribution in [0.4, 0.5) is 5.69 Å². The normalized spacial score (nSPS) is 12.2. The molecule has 1 amide bonds. The molecular weight excluding hydrogens is 324 g/mol. The molecule has 0 saturated carbocycles. The van der Waals surface area contributed by atoms with Crippen LogP contribution in [0.2, 0.25) is 5.02 Å². The number of hydrogen-bond acceptors (Lipinski definition) is 5. The van der Waals surface area contributed by atoms with Gasteiger partial charge < -0.3 is 5.32 Å². The second-order valence-electron chi connectivity index (χ2n) is 4.97. The lowest BCUT2D eigenvalue weighted by atomic mass is 10.3. The summed E-state index contributed by atoms with van der Waals surface area (Å²) in [5, 5.41) is 22.1. The van der Waals surface area contributed by atoms with E-state index in [1.54, 1.807) is 18.5 Å². The molecule has 0 aromatic carbocycles. The standard InChI is InChI=1S/C13H17ClN6O3/c1-4-18-12(10(14)5-16-18)6-15-13(21)9(3)19-8(2)11(7-17-19)20(22)23/h5,7,9H,4,6H2,1-3H3,(H,15,21). The molecule has 2 aromatic heterocycles. The van der Waals surface area contributed by atoms with Gasteiger partial charge in [0.05, 0.1) is 28.4 Å². The van der Waals surface area contributed by atoms with Crippen LogP contribution in [-0.2, 0) is 17.9 Å². The van der Waals surface area contributed by atoms with E-state index in [1.807, 2.05) is 6.92 Å². The Morgan fingerprint density at radius 1 is 1.48 bits per heavy atom. The van der Waals surface area contributed by atoms with Gasteiger partial charge in [-0.25, -0.2) is 0 Å². The van der Waals surface area contributed by atoms with E-state index >= 15 is 0 Å². The van der Waals surface area contributed by atoms with Crippen molar-refractivity contribution in [1.82, 2.24) is 24.9 Å². The Kier molecular flexibility index (Phi) is 4.99. The number of carbonyl (C=O) groups excluding carboxylic acids is 1. The van der Waals surface area contributed by atoms with Crippen LogP contribution in [-0.4, -0.2) is 30.4 Å². The van der Waals surface area contributed by atoms with E-state index in [1.165, 1.54) is 10.9 Å². The van der Waals surface area contributed by atoms with Crippen LogP contribution in [0.5, 0.6) is 0 Å². The van der Waals surface area contributed by atoms with Gasteiger partial charge in [-0.05, 0) is 20.8 Å². The fraction of sp³-hybridized carbons (Fsp3) is 0.462. The number of nitrogens with one attached hydrogen (secondary N) is 1. The summed E-state index contributed by atoms with van der Waals surface area (Å²) in [6, 6.07) is -0.680. The van der Waals surface area contributed by atoms with Gasteiger partial charge in [-0.15, -0.1) is 0 Å². The Bertz CT molecular complexity index is 738. The van der Waals surface area contributed by atoms with Gasteiger partial charge in [0, 0.05) is 6.54 Å². The maximum absolute atomic E-state index is 12.3. The van der Waals surface area contributed by atoms with Gasteiger partial charge in [0.2, 0.25) is 5.91 Å². The van der Waals surface area contributed by atoms with Gasteiger partial charge in [0.15, 0.2) is 0 Å². The molecule has 0 fully saturated rings. The second kappa shape index (κ2) is 6.78. The maximum atomic E-state index is 12.3. The predicted molar refractivity (Wildman–Crippen MR) is 83.1 cm³/mol. The zero-order valence-electron chi connectivity index (χ0n) is 13.0. The first kappa shape index (κ1) is 16.9. The van der Waals surface area contributed by atoms with E-state index in [9.17, 15) is 14.9 Å². The molecule has 0 saturated heterocycles. The van der Waals surface area contributed by atoms with Crippen molar-refractivity contribution in [2.75, 3.05) is 0 Å². The molecule has 124 valence electrons. The van der Waals surface area contributed by atoms with Crippen LogP contribution in [0.1, 0.15) is 31.3 Å². The molecule has 0 spiro atoms. The van der Waals surface area contributed by atoms with Crippen molar-refractivity contribution >= 4 is 23.2 Å². The largest absolute Gasteiger partial charge is 0.349 e. The summed E-state index contributed by atoms with van der Waals surface area (Å²) in [5.41, 5.74) is 0.920. The average molecular weight is 341 g/mol. The van der Waals surface area contributed by atoms with Gasteiger partial charge in [-0.2, -0.15) is 10.2 Å². The highest BCUT2D eigenvalue weighted by molar-refractivity contribution is 6.31. The summed E-state index contributed by atoms with van der Waals surface area (Å²) < 4.78 is 3.02. The molecule has 0 radical (unpaired) electrons. The molecule has 1 unspecified atom stereocenters. The van der Waals surface area contributed by atoms with Gasteiger partial charge in [-0.3, -0.25) is 24.3 Å². The van der Waals surface area contributed by atoms with Crippen molar-refractivity contribution in [1.29, 1.82) is 0 Å². The highest BCUT2D eigenvalue weighted by Gasteiger charge is 2.24. The van der Waals surface area contributed by atoms with E-state index in [-0.39, 0.29) is 18.1 Å². The van der Waals surface area contributed by atoms with E-state index in [2.05, 4.69) is 15.5 Å². The third-order valence-corrected chi connectivity index (χ3v) is 3.90. The van der Waals surface area contributed by atoms with Crippen LogP contribution in [0.3, 0.4) is 0 Å². The number of halogens is 1. The highest BCUT2D eigenvalue weighted by atomic mass is 35.5. The Morgan fingerprint density at radius 3 is 2.74 bits per heavy atom. The van der Waals surface area contributed by atoms with Gasteiger partial charge in [-0.1, -0.05) is 11.6 Å². The molecule has 1 N–H and O–H groups in total. The molecular formula is C13H17ClN6O3. The van der Waals surface area contributed by atoms with Crippen LogP contribution in [0, 0.1) is 17.0 Å². The van der Waals surface area contributed by atoms with Gasteiger partial charge in [0.1, 0.15) is 17.9 Å². The van der Waals surface area contributed by atoms with Crippen molar-refractivity contribution in [2.45, 2.75) is 39.9 Å². The minimum atomic E-state index is -0.680. The van der Waals surface area contributed by atoms with Crippen LogP contribution in [0.25, 0.3) is 0 Å². The number of nitro groups is 1. The first-order chi connectivity index (χ1) is 10.9. The monoisotopic (exact) mass is 340 g/mol. The zero-order chi connectivity index (χ0) is 17.1. The first-order valence-corrected chi connectivity index (χ1v) is 7.41. The molecule has 23 heavy (non-hydrogen) atoms. The van der Waals surface area contributed by atoms with Crippen LogP contribution >= 0.6 is 11.6 Å². The molecule has 0 aliphatic rings. The van der Waals surface area contributed by atoms with Gasteiger partial charge in [0.25, 0.3) is 0 Å². The molecule has 10 heteroatoms. The fourth-order valence-electron chi connectivity index (χ4n) is 2.25. The summed E-state index contributed by atoms with van der Waals surface area (Å²) in [5.74, 6) is -0.314. The lowest BCUT2D eigenvalue weighted by molar-refractivity contribution is -0.385. The number of aromatic nitrogens is 4. The molecule has 9 nitrogen and oxygen atoms in total. The van der Waals surface area contributed by atoms with Gasteiger partial charge >= 0.3 is 5.69 Å². The van der Waals surface area contributed by atoms with E-state index in [0.29, 0.717) is 23.0 Å². The van der Waals surface area contributed by atoms with Crippen molar-refractivity contribution in [2.24, 2.45) is 0 Å². The highest BCUT2D eigenvalue weighted by Crippen LogP contribution is 2.20. The van der Waals surface area contributed by atoms with E-state index in [0.717, 1.165) is 6.20 Å². The summed E-state index contributed by atoms with van der Waals surface area (Å²) in [4.78, 5) is 22.6. The number of amides is 1. The zero-order valence-corrected chi connectivity index (χ0v) is 13.7.